The van der Waals surface area contributed by atoms with Crippen LogP contribution < -0.4 is 0 Å². The first-order valence-electron chi connectivity index (χ1n) is 10.3. The van der Waals surface area contributed by atoms with Gasteiger partial charge in [0.1, 0.15) is 0 Å². The molecule has 0 aromatic heterocycles. The second-order valence-electron chi connectivity index (χ2n) is 6.33. The van der Waals surface area contributed by atoms with Crippen LogP contribution in [0.3, 0.4) is 0 Å². The van der Waals surface area contributed by atoms with Gasteiger partial charge in [0.2, 0.25) is 0 Å². The summed E-state index contributed by atoms with van der Waals surface area (Å²) in [4.78, 5) is 10.8. The van der Waals surface area contributed by atoms with Crippen molar-refractivity contribution in [1.82, 2.24) is 0 Å². The minimum absolute atomic E-state index is 0.451. The van der Waals surface area contributed by atoms with Crippen LogP contribution in [0.25, 0.3) is 0 Å². The number of hydrogen-bond donors (Lipinski definition) is 1. The molecule has 0 bridgehead atoms. The highest BCUT2D eigenvalue weighted by molar-refractivity contribution is 5.72. The Labute approximate surface area is 166 Å². The Kier molecular flexibility index (Phi) is 19.0. The van der Waals surface area contributed by atoms with Crippen molar-refractivity contribution in [2.75, 3.05) is 6.61 Å². The van der Waals surface area contributed by atoms with Crippen LogP contribution in [0.4, 0.5) is 0 Å². The van der Waals surface area contributed by atoms with Crippen molar-refractivity contribution in [1.29, 1.82) is 0 Å². The lowest BCUT2D eigenvalue weighted by Crippen LogP contribution is -2.23. The van der Waals surface area contributed by atoms with E-state index in [0.29, 0.717) is 13.0 Å². The molecule has 0 aromatic carbocycles. The van der Waals surface area contributed by atoms with E-state index < -0.39 is 12.1 Å². The number of allylic oxidation sites excluding steroid dienone is 9. The van der Waals surface area contributed by atoms with E-state index in [-0.39, 0.29) is 0 Å². The van der Waals surface area contributed by atoms with Crippen LogP contribution in [0, 0.1) is 0 Å². The van der Waals surface area contributed by atoms with Gasteiger partial charge in [-0.2, -0.15) is 0 Å². The molecule has 1 unspecified atom stereocenters. The molecule has 27 heavy (non-hydrogen) atoms. The van der Waals surface area contributed by atoms with Gasteiger partial charge >= 0.3 is 5.97 Å². The second-order valence-corrected chi connectivity index (χ2v) is 6.33. The van der Waals surface area contributed by atoms with Crippen molar-refractivity contribution in [3.8, 4) is 0 Å². The highest BCUT2D eigenvalue weighted by atomic mass is 16.5. The third-order valence-electron chi connectivity index (χ3n) is 3.90. The van der Waals surface area contributed by atoms with E-state index in [1.54, 1.807) is 0 Å². The molecule has 0 aliphatic carbocycles. The summed E-state index contributed by atoms with van der Waals surface area (Å²) in [5.74, 6) is -0.882. The number of carboxylic acids is 1. The molecule has 1 atom stereocenters. The molecule has 0 aliphatic heterocycles. The molecule has 0 heterocycles. The molecule has 0 radical (unpaired) electrons. The van der Waals surface area contributed by atoms with Crippen LogP contribution in [0.15, 0.2) is 60.8 Å². The van der Waals surface area contributed by atoms with E-state index in [4.69, 9.17) is 9.84 Å². The lowest BCUT2D eigenvalue weighted by atomic mass is 10.1. The number of rotatable bonds is 17. The lowest BCUT2D eigenvalue weighted by Gasteiger charge is -2.09. The van der Waals surface area contributed by atoms with Gasteiger partial charge in [0, 0.05) is 0 Å². The van der Waals surface area contributed by atoms with Gasteiger partial charge in [-0.1, -0.05) is 74.6 Å². The lowest BCUT2D eigenvalue weighted by molar-refractivity contribution is -0.150. The first-order chi connectivity index (χ1) is 13.2. The van der Waals surface area contributed by atoms with Crippen molar-refractivity contribution < 1.29 is 14.6 Å². The molecule has 0 saturated carbocycles. The van der Waals surface area contributed by atoms with E-state index in [1.807, 2.05) is 19.1 Å². The number of unbranched alkanes of at least 4 members (excludes halogenated alkanes) is 3. The van der Waals surface area contributed by atoms with Crippen LogP contribution in [-0.2, 0) is 9.53 Å². The highest BCUT2D eigenvalue weighted by Crippen LogP contribution is 2.03. The summed E-state index contributed by atoms with van der Waals surface area (Å²) in [5.41, 5.74) is 0. The Morgan fingerprint density at radius 2 is 1.37 bits per heavy atom. The molecule has 0 rings (SSSR count). The van der Waals surface area contributed by atoms with Gasteiger partial charge in [0.25, 0.3) is 0 Å². The normalized spacial score (nSPS) is 13.9. The zero-order valence-electron chi connectivity index (χ0n) is 17.2. The zero-order chi connectivity index (χ0) is 20.0. The minimum atomic E-state index is -0.882. The second kappa shape index (κ2) is 20.4. The Balaban J connectivity index is 3.50. The monoisotopic (exact) mass is 374 g/mol. The molecule has 0 fully saturated rings. The highest BCUT2D eigenvalue weighted by Gasteiger charge is 2.13. The van der Waals surface area contributed by atoms with Crippen LogP contribution >= 0.6 is 0 Å². The molecule has 3 nitrogen and oxygen atoms in total. The topological polar surface area (TPSA) is 46.5 Å². The van der Waals surface area contributed by atoms with Gasteiger partial charge in [-0.05, 0) is 57.8 Å². The average Bonchev–Trinajstić information content (AvgIpc) is 2.66. The number of aliphatic carboxylic acids is 1. The Morgan fingerprint density at radius 3 is 1.96 bits per heavy atom. The van der Waals surface area contributed by atoms with E-state index in [0.717, 1.165) is 38.5 Å². The maximum absolute atomic E-state index is 10.8. The fraction of sp³-hybridized carbons (Fsp3) is 0.542. The average molecular weight is 375 g/mol. The summed E-state index contributed by atoms with van der Waals surface area (Å²) in [6.45, 7) is 4.42. The van der Waals surface area contributed by atoms with Crippen LogP contribution in [-0.4, -0.2) is 23.8 Å². The summed E-state index contributed by atoms with van der Waals surface area (Å²) in [7, 11) is 0. The van der Waals surface area contributed by atoms with E-state index in [2.05, 4.69) is 55.5 Å². The zero-order valence-corrected chi connectivity index (χ0v) is 17.2. The van der Waals surface area contributed by atoms with Gasteiger partial charge in [-0.15, -0.1) is 0 Å². The number of hydrogen-bond acceptors (Lipinski definition) is 2. The number of ether oxygens (including phenoxy) is 1. The van der Waals surface area contributed by atoms with E-state index in [9.17, 15) is 4.79 Å². The van der Waals surface area contributed by atoms with Crippen molar-refractivity contribution >= 4 is 5.97 Å². The molecule has 3 heteroatoms. The predicted molar refractivity (Wildman–Crippen MR) is 116 cm³/mol. The van der Waals surface area contributed by atoms with Gasteiger partial charge < -0.3 is 9.84 Å². The summed E-state index contributed by atoms with van der Waals surface area (Å²) in [6, 6.07) is 0. The summed E-state index contributed by atoms with van der Waals surface area (Å²) >= 11 is 0. The molecule has 0 amide bonds. The fourth-order valence-corrected chi connectivity index (χ4v) is 2.34. The smallest absolute Gasteiger partial charge is 0.332 e. The van der Waals surface area contributed by atoms with Crippen molar-refractivity contribution in [3.05, 3.63) is 60.8 Å². The molecule has 152 valence electrons. The molecular weight excluding hydrogens is 336 g/mol. The number of carbonyl (C=O) groups is 1. The van der Waals surface area contributed by atoms with Gasteiger partial charge in [-0.25, -0.2) is 4.79 Å². The Hall–Kier alpha value is -1.87. The van der Waals surface area contributed by atoms with E-state index >= 15 is 0 Å². The van der Waals surface area contributed by atoms with Crippen molar-refractivity contribution in [3.63, 3.8) is 0 Å². The first-order valence-corrected chi connectivity index (χ1v) is 10.3. The Morgan fingerprint density at radius 1 is 0.815 bits per heavy atom. The van der Waals surface area contributed by atoms with Crippen molar-refractivity contribution in [2.45, 2.75) is 77.7 Å². The summed E-state index contributed by atoms with van der Waals surface area (Å²) in [6.07, 6.45) is 30.0. The molecule has 1 N–H and O–H groups in total. The SMILES string of the molecule is CC/C=C\C/C=C\C/C=C\CCCC/C=C\C=C/CCOC(CC)C(=O)O. The quantitative estimate of drug-likeness (QED) is 0.173. The molecule has 0 aromatic rings. The predicted octanol–water partition coefficient (Wildman–Crippen LogP) is 6.79. The molecule has 0 spiro atoms. The van der Waals surface area contributed by atoms with Crippen LogP contribution in [0.2, 0.25) is 0 Å². The third kappa shape index (κ3) is 18.7. The van der Waals surface area contributed by atoms with Crippen LogP contribution in [0.5, 0.6) is 0 Å². The molecular formula is C24H38O3. The first kappa shape index (κ1) is 25.1. The maximum Gasteiger partial charge on any atom is 0.332 e. The minimum Gasteiger partial charge on any atom is -0.479 e. The third-order valence-corrected chi connectivity index (χ3v) is 3.90. The van der Waals surface area contributed by atoms with Gasteiger partial charge in [0.15, 0.2) is 6.10 Å². The summed E-state index contributed by atoms with van der Waals surface area (Å²) < 4.78 is 5.29. The van der Waals surface area contributed by atoms with Crippen LogP contribution in [0.1, 0.15) is 71.6 Å². The maximum atomic E-state index is 10.8. The van der Waals surface area contributed by atoms with E-state index in [1.165, 1.54) is 12.8 Å². The molecule has 0 saturated heterocycles. The van der Waals surface area contributed by atoms with Crippen molar-refractivity contribution in [2.24, 2.45) is 0 Å². The number of carboxylic acid groups (broad SMARTS) is 1. The van der Waals surface area contributed by atoms with Gasteiger partial charge in [0.05, 0.1) is 6.61 Å². The summed E-state index contributed by atoms with van der Waals surface area (Å²) in [5, 5.41) is 8.86. The standard InChI is InChI=1S/C24H38O3/c1-3-5-6-7-8-9-10-11-12-13-14-15-16-17-18-19-20-21-22-27-23(4-2)24(25)26/h5-6,8-9,11-12,17-20,23H,3-4,7,10,13-16,21-22H2,1-2H3,(H,25,26)/b6-5-,9-8-,12-11-,18-17-,20-19-. The largest absolute Gasteiger partial charge is 0.479 e. The fourth-order valence-electron chi connectivity index (χ4n) is 2.34. The molecule has 0 aliphatic rings. The Bertz CT molecular complexity index is 484. The van der Waals surface area contributed by atoms with Gasteiger partial charge in [-0.3, -0.25) is 0 Å².